The number of carbonyl (C=O) groups excluding carboxylic acids is 1. The van der Waals surface area contributed by atoms with E-state index in [1.807, 2.05) is 6.07 Å². The Balaban J connectivity index is 1.87. The van der Waals surface area contributed by atoms with Crippen molar-refractivity contribution in [3.05, 3.63) is 29.8 Å². The van der Waals surface area contributed by atoms with E-state index < -0.39 is 18.0 Å². The van der Waals surface area contributed by atoms with Gasteiger partial charge in [-0.1, -0.05) is 0 Å². The first kappa shape index (κ1) is 16.1. The van der Waals surface area contributed by atoms with Gasteiger partial charge in [0.05, 0.1) is 17.6 Å². The number of alkyl halides is 3. The number of nitriles is 1. The van der Waals surface area contributed by atoms with E-state index in [-0.39, 0.29) is 19.6 Å². The minimum atomic E-state index is -4.27. The number of rotatable bonds is 3. The van der Waals surface area contributed by atoms with Crippen LogP contribution in [0.15, 0.2) is 24.3 Å². The molecule has 1 aromatic carbocycles. The van der Waals surface area contributed by atoms with E-state index in [9.17, 15) is 18.0 Å². The van der Waals surface area contributed by atoms with E-state index in [1.54, 1.807) is 24.3 Å². The van der Waals surface area contributed by atoms with Crippen LogP contribution in [-0.2, 0) is 4.79 Å². The van der Waals surface area contributed by atoms with Crippen molar-refractivity contribution >= 4 is 5.91 Å². The number of carbonyl (C=O) groups is 1. The van der Waals surface area contributed by atoms with Gasteiger partial charge in [-0.2, -0.15) is 18.4 Å². The Morgan fingerprint density at radius 3 is 2.64 bits per heavy atom. The Morgan fingerprint density at radius 1 is 1.36 bits per heavy atom. The first-order chi connectivity index (χ1) is 10.4. The van der Waals surface area contributed by atoms with Gasteiger partial charge in [-0.15, -0.1) is 0 Å². The van der Waals surface area contributed by atoms with Crippen LogP contribution in [0, 0.1) is 17.2 Å². The number of piperidine rings is 1. The first-order valence-corrected chi connectivity index (χ1v) is 6.87. The summed E-state index contributed by atoms with van der Waals surface area (Å²) in [5, 5.41) is 8.66. The molecule has 4 nitrogen and oxygen atoms in total. The summed E-state index contributed by atoms with van der Waals surface area (Å²) in [6.45, 7) is -0.294. The molecule has 0 bridgehead atoms. The largest absolute Gasteiger partial charge is 0.484 e. The van der Waals surface area contributed by atoms with Crippen LogP contribution in [-0.4, -0.2) is 36.7 Å². The van der Waals surface area contributed by atoms with E-state index >= 15 is 0 Å². The summed E-state index contributed by atoms with van der Waals surface area (Å²) in [6, 6.07) is 8.12. The third-order valence-electron chi connectivity index (χ3n) is 3.58. The maximum atomic E-state index is 12.7. The van der Waals surface area contributed by atoms with E-state index in [4.69, 9.17) is 10.00 Å². The third kappa shape index (κ3) is 4.13. The van der Waals surface area contributed by atoms with Crippen molar-refractivity contribution in [2.45, 2.75) is 19.0 Å². The van der Waals surface area contributed by atoms with Crippen molar-refractivity contribution in [1.82, 2.24) is 4.90 Å². The van der Waals surface area contributed by atoms with Crippen molar-refractivity contribution in [2.75, 3.05) is 19.7 Å². The molecule has 1 aliphatic rings. The van der Waals surface area contributed by atoms with E-state index in [0.717, 1.165) is 0 Å². The zero-order chi connectivity index (χ0) is 16.2. The lowest BCUT2D eigenvalue weighted by atomic mass is 9.97. The highest BCUT2D eigenvalue weighted by atomic mass is 19.4. The molecule has 2 rings (SSSR count). The quantitative estimate of drug-likeness (QED) is 0.862. The lowest BCUT2D eigenvalue weighted by Gasteiger charge is -2.33. The summed E-state index contributed by atoms with van der Waals surface area (Å²) < 4.78 is 43.4. The number of amides is 1. The molecule has 1 heterocycles. The summed E-state index contributed by atoms with van der Waals surface area (Å²) in [5.41, 5.74) is 0.461. The number of nitrogens with zero attached hydrogens (tertiary/aromatic N) is 2. The fourth-order valence-corrected chi connectivity index (χ4v) is 2.33. The zero-order valence-electron chi connectivity index (χ0n) is 11.8. The molecule has 1 atom stereocenters. The van der Waals surface area contributed by atoms with Crippen molar-refractivity contribution < 1.29 is 22.7 Å². The van der Waals surface area contributed by atoms with Crippen LogP contribution in [0.5, 0.6) is 5.75 Å². The van der Waals surface area contributed by atoms with Gasteiger partial charge in [0.2, 0.25) is 0 Å². The average molecular weight is 312 g/mol. The standard InChI is InChI=1S/C15H15F3N2O2/c16-15(17,18)12-2-1-7-20(9-12)14(21)10-22-13-5-3-11(8-19)4-6-13/h3-6,12H,1-2,7,9-10H2. The number of halogens is 3. The SMILES string of the molecule is N#Cc1ccc(OCC(=O)N2CCCC(C(F)(F)F)C2)cc1. The second-order valence-corrected chi connectivity index (χ2v) is 5.15. The van der Waals surface area contributed by atoms with Crippen molar-refractivity contribution in [2.24, 2.45) is 5.92 Å². The van der Waals surface area contributed by atoms with Crippen molar-refractivity contribution in [3.63, 3.8) is 0 Å². The molecule has 0 spiro atoms. The van der Waals surface area contributed by atoms with Crippen LogP contribution in [0.4, 0.5) is 13.2 Å². The molecule has 0 saturated carbocycles. The van der Waals surface area contributed by atoms with Gasteiger partial charge in [0.1, 0.15) is 5.75 Å². The molecule has 22 heavy (non-hydrogen) atoms. The summed E-state index contributed by atoms with van der Waals surface area (Å²) in [5.74, 6) is -1.52. The Morgan fingerprint density at radius 2 is 2.05 bits per heavy atom. The smallest absolute Gasteiger partial charge is 0.393 e. The van der Waals surface area contributed by atoms with E-state index in [0.29, 0.717) is 24.3 Å². The Bertz CT molecular complexity index is 564. The molecule has 0 aromatic heterocycles. The highest BCUT2D eigenvalue weighted by Crippen LogP contribution is 2.33. The number of likely N-dealkylation sites (tertiary alicyclic amines) is 1. The highest BCUT2D eigenvalue weighted by Gasteiger charge is 2.42. The van der Waals surface area contributed by atoms with Crippen LogP contribution in [0.1, 0.15) is 18.4 Å². The van der Waals surface area contributed by atoms with Crippen LogP contribution in [0.2, 0.25) is 0 Å². The fraction of sp³-hybridized carbons (Fsp3) is 0.467. The fourth-order valence-electron chi connectivity index (χ4n) is 2.33. The molecule has 118 valence electrons. The van der Waals surface area contributed by atoms with Crippen LogP contribution in [0.25, 0.3) is 0 Å². The predicted molar refractivity (Wildman–Crippen MR) is 72.0 cm³/mol. The van der Waals surface area contributed by atoms with E-state index in [2.05, 4.69) is 0 Å². The summed E-state index contributed by atoms with van der Waals surface area (Å²) in [4.78, 5) is 13.1. The minimum absolute atomic E-state index is 0.0593. The Kier molecular flexibility index (Phi) is 4.91. The normalized spacial score (nSPS) is 18.6. The number of hydrogen-bond acceptors (Lipinski definition) is 3. The van der Waals surface area contributed by atoms with Crippen molar-refractivity contribution in [1.29, 1.82) is 5.26 Å². The molecule has 1 amide bonds. The highest BCUT2D eigenvalue weighted by molar-refractivity contribution is 5.77. The van der Waals surface area contributed by atoms with Crippen LogP contribution < -0.4 is 4.74 Å². The van der Waals surface area contributed by atoms with Gasteiger partial charge in [0.25, 0.3) is 5.91 Å². The maximum Gasteiger partial charge on any atom is 0.393 e. The van der Waals surface area contributed by atoms with Crippen molar-refractivity contribution in [3.8, 4) is 11.8 Å². The molecule has 1 unspecified atom stereocenters. The van der Waals surface area contributed by atoms with Gasteiger partial charge in [-0.3, -0.25) is 4.79 Å². The zero-order valence-corrected chi connectivity index (χ0v) is 11.8. The van der Waals surface area contributed by atoms with Gasteiger partial charge in [0, 0.05) is 13.1 Å². The summed E-state index contributed by atoms with van der Waals surface area (Å²) >= 11 is 0. The molecule has 1 aromatic rings. The van der Waals surface area contributed by atoms with Gasteiger partial charge in [0.15, 0.2) is 6.61 Å². The molecular weight excluding hydrogens is 297 g/mol. The number of ether oxygens (including phenoxy) is 1. The Labute approximate surface area is 126 Å². The number of hydrogen-bond donors (Lipinski definition) is 0. The molecular formula is C15H15F3N2O2. The predicted octanol–water partition coefficient (Wildman–Crippen LogP) is 2.74. The molecule has 7 heteroatoms. The Hall–Kier alpha value is -2.23. The summed E-state index contributed by atoms with van der Waals surface area (Å²) in [7, 11) is 0. The molecule has 0 radical (unpaired) electrons. The van der Waals surface area contributed by atoms with Gasteiger partial charge in [-0.25, -0.2) is 0 Å². The monoisotopic (exact) mass is 312 g/mol. The number of benzene rings is 1. The second kappa shape index (κ2) is 6.69. The van der Waals surface area contributed by atoms with Gasteiger partial charge < -0.3 is 9.64 Å². The molecule has 1 aliphatic heterocycles. The van der Waals surface area contributed by atoms with Crippen LogP contribution in [0.3, 0.4) is 0 Å². The maximum absolute atomic E-state index is 12.7. The van der Waals surface area contributed by atoms with Gasteiger partial charge in [-0.05, 0) is 37.1 Å². The first-order valence-electron chi connectivity index (χ1n) is 6.87. The summed E-state index contributed by atoms with van der Waals surface area (Å²) in [6.07, 6.45) is -3.87. The van der Waals surface area contributed by atoms with Gasteiger partial charge >= 0.3 is 6.18 Å². The molecule has 0 N–H and O–H groups in total. The molecule has 0 aliphatic carbocycles. The molecule has 1 saturated heterocycles. The second-order valence-electron chi connectivity index (χ2n) is 5.15. The third-order valence-corrected chi connectivity index (χ3v) is 3.58. The van der Waals surface area contributed by atoms with E-state index in [1.165, 1.54) is 4.90 Å². The average Bonchev–Trinajstić information content (AvgIpc) is 2.52. The topological polar surface area (TPSA) is 53.3 Å². The molecule has 1 fully saturated rings. The van der Waals surface area contributed by atoms with Crippen LogP contribution >= 0.6 is 0 Å². The lowest BCUT2D eigenvalue weighted by molar-refractivity contribution is -0.188. The lowest BCUT2D eigenvalue weighted by Crippen LogP contribution is -2.46. The minimum Gasteiger partial charge on any atom is -0.484 e.